The molecule has 0 bridgehead atoms. The van der Waals surface area contributed by atoms with Crippen LogP contribution in [0.1, 0.15) is 30.1 Å². The molecule has 1 unspecified atom stereocenters. The summed E-state index contributed by atoms with van der Waals surface area (Å²) in [5.41, 5.74) is 7.91. The number of carbonyl (C=O) groups excluding carboxylic acids is 1. The van der Waals surface area contributed by atoms with Gasteiger partial charge in [0.15, 0.2) is 0 Å². The zero-order valence-electron chi connectivity index (χ0n) is 11.1. The molecule has 1 aromatic carbocycles. The molecule has 0 aliphatic carbocycles. The molecule has 104 valence electrons. The highest BCUT2D eigenvalue weighted by molar-refractivity contribution is 5.92. The van der Waals surface area contributed by atoms with Crippen LogP contribution in [-0.2, 0) is 4.74 Å². The van der Waals surface area contributed by atoms with E-state index in [4.69, 9.17) is 10.5 Å². The lowest BCUT2D eigenvalue weighted by Gasteiger charge is -2.26. The summed E-state index contributed by atoms with van der Waals surface area (Å²) in [4.78, 5) is 13.7. The quantitative estimate of drug-likeness (QED) is 0.635. The minimum absolute atomic E-state index is 0.121. The third-order valence-corrected chi connectivity index (χ3v) is 3.44. The zero-order valence-corrected chi connectivity index (χ0v) is 11.1. The van der Waals surface area contributed by atoms with Crippen LogP contribution in [0.5, 0.6) is 0 Å². The van der Waals surface area contributed by atoms with Gasteiger partial charge in [0.25, 0.3) is 0 Å². The molecule has 3 N–H and O–H groups in total. The van der Waals surface area contributed by atoms with Gasteiger partial charge < -0.3 is 20.5 Å². The van der Waals surface area contributed by atoms with Gasteiger partial charge in [0, 0.05) is 6.54 Å². The van der Waals surface area contributed by atoms with Crippen LogP contribution in [0.25, 0.3) is 0 Å². The number of carbonyl (C=O) groups is 1. The Bertz CT molecular complexity index is 462. The summed E-state index contributed by atoms with van der Waals surface area (Å²) in [6.07, 6.45) is 2.01. The van der Waals surface area contributed by atoms with Crippen LogP contribution < -0.4 is 10.6 Å². The molecule has 1 aliphatic heterocycles. The number of hydrogen-bond acceptors (Lipinski definition) is 5. The number of ether oxygens (including phenoxy) is 1. The number of anilines is 2. The van der Waals surface area contributed by atoms with Crippen molar-refractivity contribution in [3.8, 4) is 0 Å². The van der Waals surface area contributed by atoms with Crippen molar-refractivity contribution in [2.24, 2.45) is 0 Å². The lowest BCUT2D eigenvalue weighted by Crippen LogP contribution is -2.32. The molecular weight excluding hydrogens is 244 g/mol. The molecule has 1 heterocycles. The minimum Gasteiger partial charge on any atom is -0.462 e. The molecule has 2 rings (SSSR count). The van der Waals surface area contributed by atoms with Gasteiger partial charge in [-0.1, -0.05) is 0 Å². The first-order chi connectivity index (χ1) is 9.17. The summed E-state index contributed by atoms with van der Waals surface area (Å²) in [7, 11) is 0. The van der Waals surface area contributed by atoms with Gasteiger partial charge in [0.2, 0.25) is 0 Å². The van der Waals surface area contributed by atoms with Gasteiger partial charge in [-0.05, 0) is 38.0 Å². The number of nitrogens with two attached hydrogens (primary N) is 1. The second-order valence-corrected chi connectivity index (χ2v) is 4.67. The molecule has 1 saturated heterocycles. The van der Waals surface area contributed by atoms with E-state index >= 15 is 0 Å². The fourth-order valence-corrected chi connectivity index (χ4v) is 2.50. The van der Waals surface area contributed by atoms with Crippen molar-refractivity contribution in [3.05, 3.63) is 23.8 Å². The molecule has 1 aliphatic rings. The number of benzene rings is 1. The Morgan fingerprint density at radius 1 is 1.58 bits per heavy atom. The van der Waals surface area contributed by atoms with Gasteiger partial charge in [0.1, 0.15) is 0 Å². The first kappa shape index (κ1) is 13.7. The van der Waals surface area contributed by atoms with E-state index in [-0.39, 0.29) is 18.6 Å². The molecule has 19 heavy (non-hydrogen) atoms. The Morgan fingerprint density at radius 2 is 2.37 bits per heavy atom. The Labute approximate surface area is 113 Å². The molecule has 1 aromatic rings. The van der Waals surface area contributed by atoms with E-state index in [1.165, 1.54) is 0 Å². The maximum Gasteiger partial charge on any atom is 0.338 e. The first-order valence-electron chi connectivity index (χ1n) is 6.61. The van der Waals surface area contributed by atoms with Crippen molar-refractivity contribution in [1.82, 2.24) is 0 Å². The number of rotatable bonds is 4. The highest BCUT2D eigenvalue weighted by atomic mass is 16.5. The van der Waals surface area contributed by atoms with Crippen LogP contribution in [0.15, 0.2) is 18.2 Å². The Kier molecular flexibility index (Phi) is 4.27. The summed E-state index contributed by atoms with van der Waals surface area (Å²) in [6.45, 7) is 3.12. The normalized spacial score (nSPS) is 18.6. The number of hydrogen-bond donors (Lipinski definition) is 2. The monoisotopic (exact) mass is 264 g/mol. The van der Waals surface area contributed by atoms with Crippen LogP contribution in [0, 0.1) is 0 Å². The molecule has 0 aromatic heterocycles. The fourth-order valence-electron chi connectivity index (χ4n) is 2.50. The molecular formula is C14H20N2O3. The van der Waals surface area contributed by atoms with E-state index in [2.05, 4.69) is 4.90 Å². The van der Waals surface area contributed by atoms with Crippen LogP contribution in [0.2, 0.25) is 0 Å². The second-order valence-electron chi connectivity index (χ2n) is 4.67. The molecule has 1 fully saturated rings. The summed E-state index contributed by atoms with van der Waals surface area (Å²) in [5.74, 6) is -0.360. The molecule has 0 saturated carbocycles. The number of nitrogen functional groups attached to an aromatic ring is 1. The molecule has 0 spiro atoms. The third kappa shape index (κ3) is 2.81. The predicted molar refractivity (Wildman–Crippen MR) is 74.3 cm³/mol. The highest BCUT2D eigenvalue weighted by Crippen LogP contribution is 2.31. The largest absolute Gasteiger partial charge is 0.462 e. The molecule has 1 atom stereocenters. The Morgan fingerprint density at radius 3 is 3.00 bits per heavy atom. The van der Waals surface area contributed by atoms with Crippen molar-refractivity contribution in [2.75, 3.05) is 30.4 Å². The lowest BCUT2D eigenvalue weighted by molar-refractivity contribution is 0.0526. The van der Waals surface area contributed by atoms with Gasteiger partial charge in [-0.2, -0.15) is 0 Å². The topological polar surface area (TPSA) is 75.8 Å². The molecule has 0 amide bonds. The van der Waals surface area contributed by atoms with Crippen LogP contribution in [0.4, 0.5) is 11.4 Å². The lowest BCUT2D eigenvalue weighted by atomic mass is 10.1. The maximum absolute atomic E-state index is 11.6. The number of esters is 1. The molecule has 5 nitrogen and oxygen atoms in total. The van der Waals surface area contributed by atoms with Crippen molar-refractivity contribution >= 4 is 17.3 Å². The van der Waals surface area contributed by atoms with E-state index in [0.29, 0.717) is 17.9 Å². The maximum atomic E-state index is 11.6. The van der Waals surface area contributed by atoms with Gasteiger partial charge in [-0.25, -0.2) is 4.79 Å². The van der Waals surface area contributed by atoms with Crippen LogP contribution >= 0.6 is 0 Å². The molecule has 5 heteroatoms. The fraction of sp³-hybridized carbons (Fsp3) is 0.500. The van der Waals surface area contributed by atoms with Crippen LogP contribution in [-0.4, -0.2) is 36.9 Å². The van der Waals surface area contributed by atoms with Gasteiger partial charge >= 0.3 is 5.97 Å². The predicted octanol–water partition coefficient (Wildman–Crippen LogP) is 1.41. The third-order valence-electron chi connectivity index (χ3n) is 3.44. The van der Waals surface area contributed by atoms with E-state index in [1.807, 2.05) is 6.07 Å². The average Bonchev–Trinajstić information content (AvgIpc) is 2.87. The number of aliphatic hydroxyl groups excluding tert-OH is 1. The van der Waals surface area contributed by atoms with Gasteiger partial charge in [-0.3, -0.25) is 0 Å². The van der Waals surface area contributed by atoms with E-state index in [9.17, 15) is 9.90 Å². The van der Waals surface area contributed by atoms with Crippen molar-refractivity contribution in [1.29, 1.82) is 0 Å². The van der Waals surface area contributed by atoms with Gasteiger partial charge in [-0.15, -0.1) is 0 Å². The number of aliphatic hydroxyl groups is 1. The Balaban J connectivity index is 2.22. The van der Waals surface area contributed by atoms with E-state index in [0.717, 1.165) is 25.1 Å². The van der Waals surface area contributed by atoms with E-state index in [1.54, 1.807) is 19.1 Å². The second kappa shape index (κ2) is 5.93. The summed E-state index contributed by atoms with van der Waals surface area (Å²) in [5, 5.41) is 9.34. The van der Waals surface area contributed by atoms with Crippen molar-refractivity contribution in [2.45, 2.75) is 25.8 Å². The zero-order chi connectivity index (χ0) is 13.8. The van der Waals surface area contributed by atoms with Crippen molar-refractivity contribution in [3.63, 3.8) is 0 Å². The minimum atomic E-state index is -0.360. The van der Waals surface area contributed by atoms with Crippen LogP contribution in [0.3, 0.4) is 0 Å². The number of nitrogens with zero attached hydrogens (tertiary/aromatic N) is 1. The Hall–Kier alpha value is -1.75. The summed E-state index contributed by atoms with van der Waals surface area (Å²) >= 11 is 0. The average molecular weight is 264 g/mol. The first-order valence-corrected chi connectivity index (χ1v) is 6.61. The molecule has 0 radical (unpaired) electrons. The van der Waals surface area contributed by atoms with Crippen molar-refractivity contribution < 1.29 is 14.6 Å². The van der Waals surface area contributed by atoms with E-state index < -0.39 is 0 Å². The SMILES string of the molecule is CCOC(=O)c1ccc(N2CCCC2CO)c(N)c1. The standard InChI is InChI=1S/C14H20N2O3/c1-2-19-14(18)10-5-6-13(12(15)8-10)16-7-3-4-11(16)9-17/h5-6,8,11,17H,2-4,7,9,15H2,1H3. The summed E-state index contributed by atoms with van der Waals surface area (Å²) in [6, 6.07) is 5.31. The van der Waals surface area contributed by atoms with Gasteiger partial charge in [0.05, 0.1) is 36.2 Å². The smallest absolute Gasteiger partial charge is 0.338 e. The summed E-state index contributed by atoms with van der Waals surface area (Å²) < 4.78 is 4.94. The highest BCUT2D eigenvalue weighted by Gasteiger charge is 2.25.